The molecular formula is C17H14ClN3O6. The Morgan fingerprint density at radius 1 is 1.15 bits per heavy atom. The van der Waals surface area contributed by atoms with E-state index in [4.69, 9.17) is 16.3 Å². The summed E-state index contributed by atoms with van der Waals surface area (Å²) in [4.78, 5) is 46.4. The van der Waals surface area contributed by atoms with Crippen LogP contribution in [0.4, 0.5) is 10.5 Å². The Bertz CT molecular complexity index is 887. The SMILES string of the molecule is CNC(=O)NC(=O)[C@@H](OC(=O)c1ccc(Cl)c([N+](=O)[O-])c1)c1ccccc1. The molecule has 0 heterocycles. The maximum Gasteiger partial charge on any atom is 0.339 e. The highest BCUT2D eigenvalue weighted by molar-refractivity contribution is 6.32. The minimum absolute atomic E-state index is 0.145. The van der Waals surface area contributed by atoms with Crippen molar-refractivity contribution >= 4 is 35.2 Å². The molecule has 2 rings (SSSR count). The fraction of sp³-hybridized carbons (Fsp3) is 0.118. The first-order valence-electron chi connectivity index (χ1n) is 7.56. The molecule has 140 valence electrons. The normalized spacial score (nSPS) is 11.2. The van der Waals surface area contributed by atoms with Crippen molar-refractivity contribution in [2.24, 2.45) is 0 Å². The zero-order valence-corrected chi connectivity index (χ0v) is 14.7. The van der Waals surface area contributed by atoms with Crippen LogP contribution in [-0.4, -0.2) is 29.9 Å². The van der Waals surface area contributed by atoms with Gasteiger partial charge in [-0.25, -0.2) is 9.59 Å². The number of carbonyl (C=O) groups excluding carboxylic acids is 3. The Morgan fingerprint density at radius 2 is 1.81 bits per heavy atom. The lowest BCUT2D eigenvalue weighted by atomic mass is 10.1. The lowest BCUT2D eigenvalue weighted by Crippen LogP contribution is -2.41. The van der Waals surface area contributed by atoms with Crippen molar-refractivity contribution in [1.29, 1.82) is 0 Å². The van der Waals surface area contributed by atoms with Gasteiger partial charge in [0, 0.05) is 18.7 Å². The number of nitrogens with one attached hydrogen (secondary N) is 2. The third kappa shape index (κ3) is 5.02. The van der Waals surface area contributed by atoms with Crippen LogP contribution in [0.2, 0.25) is 5.02 Å². The molecule has 3 amide bonds. The summed E-state index contributed by atoms with van der Waals surface area (Å²) in [5.74, 6) is -1.87. The molecular weight excluding hydrogens is 378 g/mol. The van der Waals surface area contributed by atoms with Gasteiger partial charge in [-0.15, -0.1) is 0 Å². The fourth-order valence-electron chi connectivity index (χ4n) is 2.10. The number of ether oxygens (including phenoxy) is 1. The molecule has 9 nitrogen and oxygen atoms in total. The highest BCUT2D eigenvalue weighted by Gasteiger charge is 2.28. The van der Waals surface area contributed by atoms with E-state index in [2.05, 4.69) is 5.32 Å². The van der Waals surface area contributed by atoms with Crippen LogP contribution in [0.3, 0.4) is 0 Å². The number of nitro benzene ring substituents is 1. The molecule has 0 bridgehead atoms. The van der Waals surface area contributed by atoms with E-state index in [9.17, 15) is 24.5 Å². The van der Waals surface area contributed by atoms with E-state index in [1.807, 2.05) is 5.32 Å². The number of halogens is 1. The lowest BCUT2D eigenvalue weighted by Gasteiger charge is -2.17. The first kappa shape index (κ1) is 19.9. The maximum atomic E-state index is 12.4. The summed E-state index contributed by atoms with van der Waals surface area (Å²) in [6, 6.07) is 10.6. The van der Waals surface area contributed by atoms with E-state index in [0.717, 1.165) is 6.07 Å². The zero-order valence-electron chi connectivity index (χ0n) is 14.0. The van der Waals surface area contributed by atoms with Gasteiger partial charge in [0.15, 0.2) is 0 Å². The first-order chi connectivity index (χ1) is 12.8. The number of carbonyl (C=O) groups is 3. The smallest absolute Gasteiger partial charge is 0.339 e. The third-order valence-corrected chi connectivity index (χ3v) is 3.73. The van der Waals surface area contributed by atoms with Crippen molar-refractivity contribution in [1.82, 2.24) is 10.6 Å². The number of nitrogens with zero attached hydrogens (tertiary/aromatic N) is 1. The highest BCUT2D eigenvalue weighted by Crippen LogP contribution is 2.27. The molecule has 1 atom stereocenters. The number of imide groups is 1. The standard InChI is InChI=1S/C17H14ClN3O6/c1-19-17(24)20-15(22)14(10-5-3-2-4-6-10)27-16(23)11-7-8-12(18)13(9-11)21(25)26/h2-9,14H,1H3,(H2,19,20,22,24)/t14-/m0/s1. The number of nitro groups is 1. The average Bonchev–Trinajstić information content (AvgIpc) is 2.66. The second-order valence-electron chi connectivity index (χ2n) is 5.19. The van der Waals surface area contributed by atoms with Crippen molar-refractivity contribution in [3.05, 3.63) is 74.8 Å². The van der Waals surface area contributed by atoms with Gasteiger partial charge < -0.3 is 10.1 Å². The summed E-state index contributed by atoms with van der Waals surface area (Å²) in [6.07, 6.45) is -1.44. The molecule has 2 aromatic carbocycles. The molecule has 2 aromatic rings. The molecule has 0 spiro atoms. The van der Waals surface area contributed by atoms with Crippen LogP contribution in [0, 0.1) is 10.1 Å². The van der Waals surface area contributed by atoms with Crippen LogP contribution in [0.1, 0.15) is 22.0 Å². The Labute approximate surface area is 158 Å². The van der Waals surface area contributed by atoms with E-state index in [-0.39, 0.29) is 10.6 Å². The van der Waals surface area contributed by atoms with Gasteiger partial charge in [0.2, 0.25) is 6.10 Å². The number of rotatable bonds is 5. The van der Waals surface area contributed by atoms with Crippen molar-refractivity contribution in [3.8, 4) is 0 Å². The van der Waals surface area contributed by atoms with E-state index in [0.29, 0.717) is 5.56 Å². The summed E-state index contributed by atoms with van der Waals surface area (Å²) >= 11 is 5.72. The molecule has 0 aliphatic rings. The summed E-state index contributed by atoms with van der Waals surface area (Å²) in [7, 11) is 1.32. The summed E-state index contributed by atoms with van der Waals surface area (Å²) in [5, 5.41) is 15.1. The van der Waals surface area contributed by atoms with Crippen LogP contribution in [0.25, 0.3) is 0 Å². The van der Waals surface area contributed by atoms with Crippen LogP contribution in [0.5, 0.6) is 0 Å². The summed E-state index contributed by atoms with van der Waals surface area (Å²) in [6.45, 7) is 0. The van der Waals surface area contributed by atoms with Crippen molar-refractivity contribution in [2.45, 2.75) is 6.10 Å². The van der Waals surface area contributed by atoms with Crippen molar-refractivity contribution in [3.63, 3.8) is 0 Å². The number of benzene rings is 2. The molecule has 2 N–H and O–H groups in total. The monoisotopic (exact) mass is 391 g/mol. The predicted octanol–water partition coefficient (Wildman–Crippen LogP) is 2.60. The van der Waals surface area contributed by atoms with Gasteiger partial charge in [-0.1, -0.05) is 41.9 Å². The molecule has 0 saturated heterocycles. The highest BCUT2D eigenvalue weighted by atomic mass is 35.5. The van der Waals surface area contributed by atoms with E-state index < -0.39 is 34.6 Å². The minimum Gasteiger partial charge on any atom is -0.444 e. The van der Waals surface area contributed by atoms with Crippen molar-refractivity contribution < 1.29 is 24.0 Å². The Balaban J connectivity index is 2.31. The van der Waals surface area contributed by atoms with Gasteiger partial charge in [-0.3, -0.25) is 20.2 Å². The quantitative estimate of drug-likeness (QED) is 0.458. The van der Waals surface area contributed by atoms with Crippen LogP contribution < -0.4 is 10.6 Å². The fourth-order valence-corrected chi connectivity index (χ4v) is 2.28. The molecule has 0 aliphatic heterocycles. The number of hydrogen-bond acceptors (Lipinski definition) is 6. The second-order valence-corrected chi connectivity index (χ2v) is 5.59. The number of esters is 1. The van der Waals surface area contributed by atoms with Crippen LogP contribution >= 0.6 is 11.6 Å². The predicted molar refractivity (Wildman–Crippen MR) is 95.3 cm³/mol. The van der Waals surface area contributed by atoms with Gasteiger partial charge >= 0.3 is 12.0 Å². The first-order valence-corrected chi connectivity index (χ1v) is 7.93. The third-order valence-electron chi connectivity index (χ3n) is 3.41. The Hall–Kier alpha value is -3.46. The molecule has 0 fully saturated rings. The summed E-state index contributed by atoms with van der Waals surface area (Å²) in [5.41, 5.74) is -0.326. The molecule has 0 radical (unpaired) electrons. The van der Waals surface area contributed by atoms with Gasteiger partial charge in [0.25, 0.3) is 11.6 Å². The van der Waals surface area contributed by atoms with Gasteiger partial charge in [0.1, 0.15) is 5.02 Å². The average molecular weight is 392 g/mol. The van der Waals surface area contributed by atoms with E-state index in [1.54, 1.807) is 18.2 Å². The molecule has 0 saturated carbocycles. The topological polar surface area (TPSA) is 128 Å². The van der Waals surface area contributed by atoms with Crippen molar-refractivity contribution in [2.75, 3.05) is 7.05 Å². The summed E-state index contributed by atoms with van der Waals surface area (Å²) < 4.78 is 5.21. The van der Waals surface area contributed by atoms with E-state index >= 15 is 0 Å². The Kier molecular flexibility index (Phi) is 6.45. The van der Waals surface area contributed by atoms with E-state index in [1.165, 1.54) is 31.3 Å². The van der Waals surface area contributed by atoms with Gasteiger partial charge in [-0.05, 0) is 12.1 Å². The minimum atomic E-state index is -1.44. The largest absolute Gasteiger partial charge is 0.444 e. The number of hydrogen-bond donors (Lipinski definition) is 2. The van der Waals surface area contributed by atoms with Crippen LogP contribution in [0.15, 0.2) is 48.5 Å². The van der Waals surface area contributed by atoms with Crippen LogP contribution in [-0.2, 0) is 9.53 Å². The maximum absolute atomic E-state index is 12.4. The second kappa shape index (κ2) is 8.77. The Morgan fingerprint density at radius 3 is 2.41 bits per heavy atom. The lowest BCUT2D eigenvalue weighted by molar-refractivity contribution is -0.384. The molecule has 0 aromatic heterocycles. The zero-order chi connectivity index (χ0) is 20.0. The molecule has 27 heavy (non-hydrogen) atoms. The number of amides is 3. The van der Waals surface area contributed by atoms with Gasteiger partial charge in [0.05, 0.1) is 10.5 Å². The molecule has 10 heteroatoms. The van der Waals surface area contributed by atoms with Gasteiger partial charge in [-0.2, -0.15) is 0 Å². The molecule has 0 aliphatic carbocycles. The molecule has 0 unspecified atom stereocenters. The number of urea groups is 1.